The summed E-state index contributed by atoms with van der Waals surface area (Å²) in [4.78, 5) is 16.1. The number of carbonyl (C=O) groups is 1. The van der Waals surface area contributed by atoms with Gasteiger partial charge >= 0.3 is 5.97 Å². The normalized spacial score (nSPS) is 43.0. The Bertz CT molecular complexity index is 754. The Kier molecular flexibility index (Phi) is 6.95. The summed E-state index contributed by atoms with van der Waals surface area (Å²) in [7, 11) is 0. The van der Waals surface area contributed by atoms with Gasteiger partial charge in [-0.05, 0) is 103 Å². The molecule has 4 aliphatic rings. The SMILES string of the molecule is CC(=O)O/N=C1\C=C[C@@]2(C)[C@@H](CC[C@@H]3[C@@H]2CC[C@]2(C)[C@@H]([C@H](C)CCCC(C)C)CC[C@@H]32)C1. The third-order valence-corrected chi connectivity index (χ3v) is 10.5. The van der Waals surface area contributed by atoms with Crippen molar-refractivity contribution in [1.82, 2.24) is 0 Å². The van der Waals surface area contributed by atoms with Crippen LogP contribution in [0.3, 0.4) is 0 Å². The minimum Gasteiger partial charge on any atom is -0.318 e. The molecule has 0 radical (unpaired) electrons. The first kappa shape index (κ1) is 24.0. The number of carbonyl (C=O) groups excluding carboxylic acids is 1. The number of oxime groups is 1. The van der Waals surface area contributed by atoms with Crippen molar-refractivity contribution in [3.63, 3.8) is 0 Å². The third kappa shape index (κ3) is 4.34. The van der Waals surface area contributed by atoms with Crippen LogP contribution in [-0.4, -0.2) is 11.7 Å². The van der Waals surface area contributed by atoms with Crippen molar-refractivity contribution in [2.45, 2.75) is 106 Å². The molecule has 3 fully saturated rings. The maximum Gasteiger partial charge on any atom is 0.331 e. The maximum atomic E-state index is 11.2. The van der Waals surface area contributed by atoms with E-state index in [2.05, 4.69) is 51.9 Å². The molecule has 3 heteroatoms. The highest BCUT2D eigenvalue weighted by molar-refractivity contribution is 5.96. The third-order valence-electron chi connectivity index (χ3n) is 10.5. The van der Waals surface area contributed by atoms with Crippen LogP contribution in [0.2, 0.25) is 0 Å². The second-order valence-electron chi connectivity index (χ2n) is 12.8. The first-order chi connectivity index (χ1) is 15.1. The zero-order chi connectivity index (χ0) is 23.1. The summed E-state index contributed by atoms with van der Waals surface area (Å²) in [6, 6.07) is 0. The average Bonchev–Trinajstić information content (AvgIpc) is 3.09. The molecular formula is C29H47NO2. The van der Waals surface area contributed by atoms with Crippen molar-refractivity contribution in [2.24, 2.45) is 57.4 Å². The van der Waals surface area contributed by atoms with Gasteiger partial charge in [0.2, 0.25) is 0 Å². The van der Waals surface area contributed by atoms with Gasteiger partial charge in [-0.1, -0.05) is 65.1 Å². The smallest absolute Gasteiger partial charge is 0.318 e. The lowest BCUT2D eigenvalue weighted by atomic mass is 9.45. The van der Waals surface area contributed by atoms with Crippen LogP contribution in [0.4, 0.5) is 0 Å². The van der Waals surface area contributed by atoms with Crippen molar-refractivity contribution in [3.8, 4) is 0 Å². The zero-order valence-electron chi connectivity index (χ0n) is 21.5. The predicted molar refractivity (Wildman–Crippen MR) is 132 cm³/mol. The van der Waals surface area contributed by atoms with Crippen LogP contribution < -0.4 is 0 Å². The Morgan fingerprint density at radius 1 is 1.09 bits per heavy atom. The molecule has 0 amide bonds. The van der Waals surface area contributed by atoms with Crippen LogP contribution in [0.5, 0.6) is 0 Å². The highest BCUT2D eigenvalue weighted by Crippen LogP contribution is 2.67. The predicted octanol–water partition coefficient (Wildman–Crippen LogP) is 7.80. The number of hydrogen-bond acceptors (Lipinski definition) is 3. The van der Waals surface area contributed by atoms with E-state index in [1.165, 1.54) is 64.7 Å². The van der Waals surface area contributed by atoms with Crippen LogP contribution in [0.15, 0.2) is 17.3 Å². The zero-order valence-corrected chi connectivity index (χ0v) is 21.5. The molecule has 0 spiro atoms. The summed E-state index contributed by atoms with van der Waals surface area (Å²) in [5.74, 6) is 5.56. The van der Waals surface area contributed by atoms with E-state index in [1.54, 1.807) is 0 Å². The summed E-state index contributed by atoms with van der Waals surface area (Å²) < 4.78 is 0. The Hall–Kier alpha value is -1.12. The van der Waals surface area contributed by atoms with E-state index in [0.717, 1.165) is 47.6 Å². The van der Waals surface area contributed by atoms with Crippen LogP contribution in [0.1, 0.15) is 106 Å². The highest BCUT2D eigenvalue weighted by atomic mass is 16.7. The van der Waals surface area contributed by atoms with Crippen LogP contribution in [0.25, 0.3) is 0 Å². The second-order valence-corrected chi connectivity index (χ2v) is 12.8. The molecule has 4 aliphatic carbocycles. The maximum absolute atomic E-state index is 11.2. The second kappa shape index (κ2) is 9.26. The van der Waals surface area contributed by atoms with Gasteiger partial charge in [-0.25, -0.2) is 4.79 Å². The van der Waals surface area contributed by atoms with Crippen LogP contribution >= 0.6 is 0 Å². The van der Waals surface area contributed by atoms with Gasteiger partial charge in [0.25, 0.3) is 0 Å². The van der Waals surface area contributed by atoms with Gasteiger partial charge in [0.05, 0.1) is 5.71 Å². The molecule has 0 N–H and O–H groups in total. The lowest BCUT2D eigenvalue weighted by Gasteiger charge is -2.59. The average molecular weight is 442 g/mol. The fourth-order valence-electron chi connectivity index (χ4n) is 8.86. The molecule has 0 aromatic carbocycles. The number of fused-ring (bicyclic) bond motifs is 5. The van der Waals surface area contributed by atoms with Crippen molar-refractivity contribution in [2.75, 3.05) is 0 Å². The highest BCUT2D eigenvalue weighted by Gasteiger charge is 2.59. The topological polar surface area (TPSA) is 38.7 Å². The van der Waals surface area contributed by atoms with E-state index in [4.69, 9.17) is 4.84 Å². The molecule has 0 bridgehead atoms. The van der Waals surface area contributed by atoms with Crippen molar-refractivity contribution in [3.05, 3.63) is 12.2 Å². The molecule has 3 saturated carbocycles. The van der Waals surface area contributed by atoms with Crippen molar-refractivity contribution in [1.29, 1.82) is 0 Å². The Labute approximate surface area is 196 Å². The van der Waals surface area contributed by atoms with Gasteiger partial charge in [0.1, 0.15) is 0 Å². The molecular weight excluding hydrogens is 394 g/mol. The van der Waals surface area contributed by atoms with Gasteiger partial charge in [-0.2, -0.15) is 0 Å². The van der Waals surface area contributed by atoms with E-state index in [0.29, 0.717) is 11.3 Å². The van der Waals surface area contributed by atoms with Crippen molar-refractivity contribution >= 4 is 11.7 Å². The molecule has 32 heavy (non-hydrogen) atoms. The van der Waals surface area contributed by atoms with Gasteiger partial charge in [-0.3, -0.25) is 0 Å². The van der Waals surface area contributed by atoms with Gasteiger partial charge in [-0.15, -0.1) is 0 Å². The first-order valence-corrected chi connectivity index (χ1v) is 13.6. The van der Waals surface area contributed by atoms with E-state index < -0.39 is 0 Å². The molecule has 180 valence electrons. The number of nitrogens with zero attached hydrogens (tertiary/aromatic N) is 1. The number of hydrogen-bond donors (Lipinski definition) is 0. The Morgan fingerprint density at radius 2 is 1.88 bits per heavy atom. The summed E-state index contributed by atoms with van der Waals surface area (Å²) in [5, 5.41) is 4.12. The molecule has 0 saturated heterocycles. The minimum absolute atomic E-state index is 0.278. The Balaban J connectivity index is 1.47. The Morgan fingerprint density at radius 3 is 2.59 bits per heavy atom. The summed E-state index contributed by atoms with van der Waals surface area (Å²) in [6.45, 7) is 13.9. The molecule has 0 unspecified atom stereocenters. The van der Waals surface area contributed by atoms with Gasteiger partial charge < -0.3 is 4.84 Å². The van der Waals surface area contributed by atoms with E-state index >= 15 is 0 Å². The van der Waals surface area contributed by atoms with Crippen LogP contribution in [0, 0.1) is 52.3 Å². The van der Waals surface area contributed by atoms with E-state index in [1.807, 2.05) is 0 Å². The summed E-state index contributed by atoms with van der Waals surface area (Å²) >= 11 is 0. The van der Waals surface area contributed by atoms with Crippen LogP contribution in [-0.2, 0) is 9.63 Å². The number of allylic oxidation sites excluding steroid dienone is 2. The molecule has 0 aromatic heterocycles. The molecule has 4 rings (SSSR count). The fourth-order valence-corrected chi connectivity index (χ4v) is 8.86. The first-order valence-electron chi connectivity index (χ1n) is 13.6. The summed E-state index contributed by atoms with van der Waals surface area (Å²) in [6.07, 6.45) is 18.2. The van der Waals surface area contributed by atoms with Gasteiger partial charge in [0, 0.05) is 6.92 Å². The molecule has 3 nitrogen and oxygen atoms in total. The fraction of sp³-hybridized carbons (Fsp3) is 0.862. The quantitative estimate of drug-likeness (QED) is 0.311. The molecule has 8 atom stereocenters. The van der Waals surface area contributed by atoms with Crippen molar-refractivity contribution < 1.29 is 9.63 Å². The molecule has 0 aliphatic heterocycles. The van der Waals surface area contributed by atoms with E-state index in [9.17, 15) is 4.79 Å². The van der Waals surface area contributed by atoms with Gasteiger partial charge in [0.15, 0.2) is 0 Å². The minimum atomic E-state index is -0.330. The largest absolute Gasteiger partial charge is 0.331 e. The molecule has 0 aromatic rings. The summed E-state index contributed by atoms with van der Waals surface area (Å²) in [5.41, 5.74) is 1.78. The monoisotopic (exact) mass is 441 g/mol. The standard InChI is InChI=1S/C29H47NO2/c1-19(2)8-7-9-20(3)25-12-13-26-24-11-10-22-18-23(30-32-21(4)31)14-16-28(22,5)27(24)15-17-29(25,26)6/h14,16,19-20,22,24-27H,7-13,15,17-18H2,1-6H3/b30-23+/t20-,22+,24+,25-,26+,27+,28+,29-/m1/s1. The molecule has 0 heterocycles. The number of rotatable bonds is 6. The lowest BCUT2D eigenvalue weighted by molar-refractivity contribution is -0.141. The van der Waals surface area contributed by atoms with E-state index in [-0.39, 0.29) is 11.4 Å². The lowest BCUT2D eigenvalue weighted by Crippen LogP contribution is -2.52.